The number of aliphatic hydroxyl groups excluding tert-OH is 1. The van der Waals surface area contributed by atoms with Crippen molar-refractivity contribution in [2.24, 2.45) is 0 Å². The molecule has 1 aromatic carbocycles. The summed E-state index contributed by atoms with van der Waals surface area (Å²) in [5.41, 5.74) is 0.973. The van der Waals surface area contributed by atoms with Gasteiger partial charge in [0.25, 0.3) is 0 Å². The highest BCUT2D eigenvalue weighted by Crippen LogP contribution is 2.21. The highest BCUT2D eigenvalue weighted by molar-refractivity contribution is 5.79. The van der Waals surface area contributed by atoms with Gasteiger partial charge in [0.15, 0.2) is 0 Å². The first-order chi connectivity index (χ1) is 14.1. The summed E-state index contributed by atoms with van der Waals surface area (Å²) in [7, 11) is 0. The number of amides is 1. The van der Waals surface area contributed by atoms with Gasteiger partial charge in [0.2, 0.25) is 5.91 Å². The van der Waals surface area contributed by atoms with Crippen molar-refractivity contribution >= 4 is 11.9 Å². The van der Waals surface area contributed by atoms with Gasteiger partial charge in [-0.2, -0.15) is 0 Å². The molecule has 1 amide bonds. The maximum atomic E-state index is 12.1. The van der Waals surface area contributed by atoms with Crippen LogP contribution >= 0.6 is 0 Å². The van der Waals surface area contributed by atoms with E-state index in [1.165, 1.54) is 0 Å². The van der Waals surface area contributed by atoms with E-state index in [9.17, 15) is 14.7 Å². The van der Waals surface area contributed by atoms with Crippen LogP contribution in [-0.2, 0) is 9.59 Å². The number of aliphatic hydroxyl groups is 1. The van der Waals surface area contributed by atoms with Gasteiger partial charge in [0, 0.05) is 31.4 Å². The lowest BCUT2D eigenvalue weighted by Gasteiger charge is -2.22. The Bertz CT molecular complexity index is 732. The Balaban J connectivity index is 1.69. The minimum Gasteiger partial charge on any atom is -0.481 e. The molecule has 2 atom stereocenters. The van der Waals surface area contributed by atoms with Crippen LogP contribution in [0.4, 0.5) is 0 Å². The van der Waals surface area contributed by atoms with Crippen LogP contribution in [0.25, 0.3) is 0 Å². The SMILES string of the molecule is O=C(O)CCCCCCN1C(=O)CCC1/C=C/C(O)CCC#Cc1ccccc1. The zero-order chi connectivity index (χ0) is 20.9. The highest BCUT2D eigenvalue weighted by atomic mass is 16.4. The molecule has 1 aliphatic heterocycles. The number of carboxylic acids is 1. The van der Waals surface area contributed by atoms with Crippen molar-refractivity contribution in [3.8, 4) is 11.8 Å². The van der Waals surface area contributed by atoms with E-state index < -0.39 is 12.1 Å². The van der Waals surface area contributed by atoms with Crippen LogP contribution in [0.15, 0.2) is 42.5 Å². The third kappa shape index (κ3) is 8.97. The minimum absolute atomic E-state index is 0.0478. The molecule has 2 N–H and O–H groups in total. The molecule has 0 aliphatic carbocycles. The molecule has 1 fully saturated rings. The molecule has 29 heavy (non-hydrogen) atoms. The summed E-state index contributed by atoms with van der Waals surface area (Å²) in [5, 5.41) is 18.8. The number of rotatable bonds is 11. The summed E-state index contributed by atoms with van der Waals surface area (Å²) in [4.78, 5) is 24.5. The number of nitrogens with zero attached hydrogens (tertiary/aromatic N) is 1. The maximum absolute atomic E-state index is 12.1. The molecular weight excluding hydrogens is 366 g/mol. The van der Waals surface area contributed by atoms with E-state index in [1.807, 2.05) is 41.3 Å². The van der Waals surface area contributed by atoms with Crippen molar-refractivity contribution in [1.82, 2.24) is 4.90 Å². The summed E-state index contributed by atoms with van der Waals surface area (Å²) in [5.74, 6) is 5.57. The van der Waals surface area contributed by atoms with E-state index in [4.69, 9.17) is 5.11 Å². The summed E-state index contributed by atoms with van der Waals surface area (Å²) in [6.07, 6.45) is 9.27. The first kappa shape index (κ1) is 22.7. The van der Waals surface area contributed by atoms with Crippen molar-refractivity contribution in [2.75, 3.05) is 6.54 Å². The molecule has 5 nitrogen and oxygen atoms in total. The molecule has 0 bridgehead atoms. The van der Waals surface area contributed by atoms with Crippen molar-refractivity contribution < 1.29 is 19.8 Å². The molecule has 0 spiro atoms. The normalized spacial score (nSPS) is 17.3. The largest absolute Gasteiger partial charge is 0.481 e. The quantitative estimate of drug-likeness (QED) is 0.339. The van der Waals surface area contributed by atoms with E-state index in [0.717, 1.165) is 31.2 Å². The van der Waals surface area contributed by atoms with Gasteiger partial charge in [0.05, 0.1) is 12.1 Å². The molecule has 1 aliphatic rings. The average molecular weight is 398 g/mol. The lowest BCUT2D eigenvalue weighted by molar-refractivity contribution is -0.137. The number of unbranched alkanes of at least 4 members (excludes halogenated alkanes) is 3. The predicted molar refractivity (Wildman–Crippen MR) is 113 cm³/mol. The van der Waals surface area contributed by atoms with Crippen LogP contribution in [0.3, 0.4) is 0 Å². The Morgan fingerprint density at radius 1 is 1.21 bits per heavy atom. The Morgan fingerprint density at radius 3 is 2.72 bits per heavy atom. The third-order valence-corrected chi connectivity index (χ3v) is 5.04. The van der Waals surface area contributed by atoms with Crippen molar-refractivity contribution in [1.29, 1.82) is 0 Å². The van der Waals surface area contributed by atoms with Gasteiger partial charge in [-0.1, -0.05) is 55.0 Å². The molecule has 2 unspecified atom stereocenters. The smallest absolute Gasteiger partial charge is 0.303 e. The number of likely N-dealkylation sites (tertiary alicyclic amines) is 1. The van der Waals surface area contributed by atoms with E-state index in [0.29, 0.717) is 32.2 Å². The third-order valence-electron chi connectivity index (χ3n) is 5.04. The zero-order valence-electron chi connectivity index (χ0n) is 16.9. The van der Waals surface area contributed by atoms with Crippen molar-refractivity contribution in [2.45, 2.75) is 69.9 Å². The average Bonchev–Trinajstić information content (AvgIpc) is 3.06. The van der Waals surface area contributed by atoms with E-state index in [-0.39, 0.29) is 18.4 Å². The predicted octanol–water partition coefficient (Wildman–Crippen LogP) is 3.76. The number of aliphatic carboxylic acids is 1. The molecule has 156 valence electrons. The van der Waals surface area contributed by atoms with E-state index >= 15 is 0 Å². The van der Waals surface area contributed by atoms with E-state index in [2.05, 4.69) is 11.8 Å². The second-order valence-electron chi connectivity index (χ2n) is 7.41. The lowest BCUT2D eigenvalue weighted by atomic mass is 10.1. The number of carbonyl (C=O) groups excluding carboxylic acids is 1. The molecule has 0 radical (unpaired) electrons. The summed E-state index contributed by atoms with van der Waals surface area (Å²) < 4.78 is 0. The zero-order valence-corrected chi connectivity index (χ0v) is 16.9. The molecule has 1 heterocycles. The summed E-state index contributed by atoms with van der Waals surface area (Å²) >= 11 is 0. The lowest BCUT2D eigenvalue weighted by Crippen LogP contribution is -2.32. The molecule has 5 heteroatoms. The standard InChI is InChI=1S/C24H31NO4/c26-22(13-8-7-12-20-10-4-3-5-11-20)17-15-21-16-18-23(27)25(21)19-9-2-1-6-14-24(28)29/h3-5,10-11,15,17,21-22,26H,1-2,6,8-9,13-14,16,18-19H2,(H,28,29)/b17-15+. The second-order valence-corrected chi connectivity index (χ2v) is 7.41. The first-order valence-corrected chi connectivity index (χ1v) is 10.5. The van der Waals surface area contributed by atoms with Crippen molar-refractivity contribution in [3.63, 3.8) is 0 Å². The van der Waals surface area contributed by atoms with Crippen molar-refractivity contribution in [3.05, 3.63) is 48.0 Å². The number of hydrogen-bond acceptors (Lipinski definition) is 3. The molecule has 0 aromatic heterocycles. The summed E-state index contributed by atoms with van der Waals surface area (Å²) in [6, 6.07) is 9.82. The van der Waals surface area contributed by atoms with Crippen LogP contribution < -0.4 is 0 Å². The maximum Gasteiger partial charge on any atom is 0.303 e. The molecule has 0 saturated carbocycles. The monoisotopic (exact) mass is 397 g/mol. The van der Waals surface area contributed by atoms with E-state index in [1.54, 1.807) is 6.08 Å². The van der Waals surface area contributed by atoms with Crippen LogP contribution in [0.2, 0.25) is 0 Å². The van der Waals surface area contributed by atoms with Gasteiger partial charge in [-0.3, -0.25) is 9.59 Å². The highest BCUT2D eigenvalue weighted by Gasteiger charge is 2.28. The van der Waals surface area contributed by atoms with Gasteiger partial charge in [-0.15, -0.1) is 0 Å². The Morgan fingerprint density at radius 2 is 1.97 bits per heavy atom. The number of carbonyl (C=O) groups is 2. The number of benzene rings is 1. The fourth-order valence-corrected chi connectivity index (χ4v) is 3.42. The van der Waals surface area contributed by atoms with Crippen LogP contribution in [0.1, 0.15) is 63.4 Å². The van der Waals surface area contributed by atoms with Crippen LogP contribution in [0.5, 0.6) is 0 Å². The van der Waals surface area contributed by atoms with Gasteiger partial charge >= 0.3 is 5.97 Å². The van der Waals surface area contributed by atoms with Gasteiger partial charge in [-0.25, -0.2) is 0 Å². The second kappa shape index (κ2) is 12.8. The first-order valence-electron chi connectivity index (χ1n) is 10.5. The molecule has 1 aromatic rings. The Hall–Kier alpha value is -2.58. The van der Waals surface area contributed by atoms with Gasteiger partial charge in [-0.05, 0) is 37.8 Å². The molecule has 1 saturated heterocycles. The number of carboxylic acid groups (broad SMARTS) is 1. The molecular formula is C24H31NO4. The topological polar surface area (TPSA) is 77.8 Å². The Kier molecular flexibility index (Phi) is 10.0. The van der Waals surface area contributed by atoms with Crippen LogP contribution in [-0.4, -0.2) is 45.7 Å². The minimum atomic E-state index is -0.755. The fourth-order valence-electron chi connectivity index (χ4n) is 3.42. The van der Waals surface area contributed by atoms with Crippen LogP contribution in [0, 0.1) is 11.8 Å². The van der Waals surface area contributed by atoms with Gasteiger partial charge < -0.3 is 15.1 Å². The molecule has 2 rings (SSSR count). The Labute approximate surface area is 173 Å². The number of hydrogen-bond donors (Lipinski definition) is 2. The van der Waals surface area contributed by atoms with Gasteiger partial charge in [0.1, 0.15) is 0 Å². The summed E-state index contributed by atoms with van der Waals surface area (Å²) in [6.45, 7) is 0.694. The fraction of sp³-hybridized carbons (Fsp3) is 0.500.